The number of ketones is 1. The van der Waals surface area contributed by atoms with Crippen LogP contribution in [0.4, 0.5) is 0 Å². The Morgan fingerprint density at radius 2 is 1.89 bits per heavy atom. The lowest BCUT2D eigenvalue weighted by Gasteiger charge is -1.89. The largest absolute Gasteiger partial charge is 0.515 e. The third kappa shape index (κ3) is 1.94. The molecule has 0 saturated carbocycles. The molecule has 0 rings (SSSR count). The van der Waals surface area contributed by atoms with Crippen molar-refractivity contribution in [2.45, 2.75) is 6.92 Å². The fourth-order valence-corrected chi connectivity index (χ4v) is 0.297. The highest BCUT2D eigenvalue weighted by Crippen LogP contribution is 1.92. The molecule has 0 unspecified atom stereocenters. The lowest BCUT2D eigenvalue weighted by molar-refractivity contribution is -0.134. The van der Waals surface area contributed by atoms with E-state index in [0.717, 1.165) is 6.92 Å². The molecule has 0 bridgehead atoms. The van der Waals surface area contributed by atoms with Crippen LogP contribution in [0.3, 0.4) is 0 Å². The zero-order valence-electron chi connectivity index (χ0n) is 4.79. The van der Waals surface area contributed by atoms with Crippen LogP contribution in [0.5, 0.6) is 0 Å². The molecule has 0 aromatic carbocycles. The van der Waals surface area contributed by atoms with Gasteiger partial charge in [0.05, 0.1) is 6.26 Å². The van der Waals surface area contributed by atoms with E-state index in [4.69, 9.17) is 10.2 Å². The Kier molecular flexibility index (Phi) is 2.44. The molecule has 4 heteroatoms. The second kappa shape index (κ2) is 2.86. The standard InChI is InChI=1S/C5H6O4/c1-3(7)4(2-6)5(8)9/h2,6H,1H3,(H,8,9)/b4-2-. The molecule has 4 nitrogen and oxygen atoms in total. The number of carbonyl (C=O) groups excluding carboxylic acids is 1. The van der Waals surface area contributed by atoms with Gasteiger partial charge < -0.3 is 10.2 Å². The molecule has 50 valence electrons. The van der Waals surface area contributed by atoms with Crippen molar-refractivity contribution in [3.8, 4) is 0 Å². The Morgan fingerprint density at radius 3 is 1.89 bits per heavy atom. The first-order valence-corrected chi connectivity index (χ1v) is 2.18. The normalized spacial score (nSPS) is 11.0. The molecular formula is C5H6O4. The van der Waals surface area contributed by atoms with E-state index in [-0.39, 0.29) is 6.26 Å². The highest BCUT2D eigenvalue weighted by molar-refractivity contribution is 6.15. The topological polar surface area (TPSA) is 74.6 Å². The summed E-state index contributed by atoms with van der Waals surface area (Å²) in [5.74, 6) is -2.07. The van der Waals surface area contributed by atoms with Crippen molar-refractivity contribution in [3.63, 3.8) is 0 Å². The number of aliphatic hydroxyl groups excluding tert-OH is 1. The number of aliphatic hydroxyl groups is 1. The van der Waals surface area contributed by atoms with E-state index in [2.05, 4.69) is 0 Å². The van der Waals surface area contributed by atoms with Crippen molar-refractivity contribution >= 4 is 11.8 Å². The maximum atomic E-state index is 10.2. The van der Waals surface area contributed by atoms with E-state index >= 15 is 0 Å². The van der Waals surface area contributed by atoms with Gasteiger partial charge in [-0.05, 0) is 6.92 Å². The SMILES string of the molecule is CC(=O)/C(=C/O)C(=O)O. The molecule has 0 aliphatic heterocycles. The van der Waals surface area contributed by atoms with Crippen LogP contribution in [-0.4, -0.2) is 22.0 Å². The van der Waals surface area contributed by atoms with Crippen LogP contribution in [0.1, 0.15) is 6.92 Å². The molecule has 0 aromatic rings. The third-order valence-corrected chi connectivity index (χ3v) is 0.739. The number of carbonyl (C=O) groups is 2. The van der Waals surface area contributed by atoms with E-state index in [0.29, 0.717) is 0 Å². The fourth-order valence-electron chi connectivity index (χ4n) is 0.297. The minimum absolute atomic E-state index is 0.282. The monoisotopic (exact) mass is 130 g/mol. The quantitative estimate of drug-likeness (QED) is 0.240. The Hall–Kier alpha value is -1.32. The molecule has 0 saturated heterocycles. The number of carboxylic acid groups (broad SMARTS) is 1. The zero-order valence-corrected chi connectivity index (χ0v) is 4.79. The predicted octanol–water partition coefficient (Wildman–Crippen LogP) is 0.102. The summed E-state index contributed by atoms with van der Waals surface area (Å²) in [6.07, 6.45) is 0.282. The average molecular weight is 130 g/mol. The summed E-state index contributed by atoms with van der Waals surface area (Å²) in [5.41, 5.74) is -0.602. The summed E-state index contributed by atoms with van der Waals surface area (Å²) < 4.78 is 0. The first-order chi connectivity index (χ1) is 4.09. The van der Waals surface area contributed by atoms with Crippen LogP contribution in [0.15, 0.2) is 11.8 Å². The molecule has 0 amide bonds. The number of Topliss-reactive ketones (excluding diaryl/α,β-unsaturated/α-hetero) is 1. The number of aliphatic carboxylic acids is 1. The maximum Gasteiger partial charge on any atom is 0.342 e. The van der Waals surface area contributed by atoms with Gasteiger partial charge >= 0.3 is 5.97 Å². The lowest BCUT2D eigenvalue weighted by atomic mass is 10.2. The van der Waals surface area contributed by atoms with Crippen LogP contribution >= 0.6 is 0 Å². The third-order valence-electron chi connectivity index (χ3n) is 0.739. The first kappa shape index (κ1) is 7.68. The fraction of sp³-hybridized carbons (Fsp3) is 0.200. The van der Waals surface area contributed by atoms with Crippen LogP contribution in [0.25, 0.3) is 0 Å². The van der Waals surface area contributed by atoms with Gasteiger partial charge in [-0.25, -0.2) is 4.79 Å². The number of rotatable bonds is 2. The number of hydrogen-bond acceptors (Lipinski definition) is 3. The summed E-state index contributed by atoms with van der Waals surface area (Å²) in [5, 5.41) is 16.2. The Morgan fingerprint density at radius 1 is 1.44 bits per heavy atom. The van der Waals surface area contributed by atoms with Gasteiger partial charge in [-0.15, -0.1) is 0 Å². The Bertz CT molecular complexity index is 152. The van der Waals surface area contributed by atoms with Crippen molar-refractivity contribution in [3.05, 3.63) is 11.8 Å². The summed E-state index contributed by atoms with van der Waals surface area (Å²) in [7, 11) is 0. The van der Waals surface area contributed by atoms with E-state index in [1.165, 1.54) is 0 Å². The second-order valence-corrected chi connectivity index (χ2v) is 1.40. The molecule has 0 spiro atoms. The first-order valence-electron chi connectivity index (χ1n) is 2.18. The highest BCUT2D eigenvalue weighted by atomic mass is 16.4. The van der Waals surface area contributed by atoms with E-state index in [1.807, 2.05) is 0 Å². The van der Waals surface area contributed by atoms with Crippen molar-refractivity contribution in [2.24, 2.45) is 0 Å². The van der Waals surface area contributed by atoms with Crippen molar-refractivity contribution in [1.82, 2.24) is 0 Å². The second-order valence-electron chi connectivity index (χ2n) is 1.40. The molecular weight excluding hydrogens is 124 g/mol. The number of carboxylic acids is 1. The van der Waals surface area contributed by atoms with Gasteiger partial charge in [0.2, 0.25) is 0 Å². The molecule has 9 heavy (non-hydrogen) atoms. The van der Waals surface area contributed by atoms with E-state index in [1.54, 1.807) is 0 Å². The smallest absolute Gasteiger partial charge is 0.342 e. The van der Waals surface area contributed by atoms with Gasteiger partial charge in [-0.1, -0.05) is 0 Å². The number of hydrogen-bond donors (Lipinski definition) is 2. The average Bonchev–Trinajstić information content (AvgIpc) is 1.64. The van der Waals surface area contributed by atoms with E-state index in [9.17, 15) is 9.59 Å². The zero-order chi connectivity index (χ0) is 7.44. The molecule has 0 heterocycles. The summed E-state index contributed by atoms with van der Waals surface area (Å²) in [6.45, 7) is 1.07. The van der Waals surface area contributed by atoms with Crippen LogP contribution in [-0.2, 0) is 9.59 Å². The molecule has 0 aliphatic rings. The van der Waals surface area contributed by atoms with Crippen LogP contribution < -0.4 is 0 Å². The van der Waals surface area contributed by atoms with Gasteiger partial charge in [0.25, 0.3) is 0 Å². The molecule has 0 fully saturated rings. The maximum absolute atomic E-state index is 10.2. The Balaban J connectivity index is 4.38. The van der Waals surface area contributed by atoms with Gasteiger partial charge in [0, 0.05) is 0 Å². The molecule has 2 N–H and O–H groups in total. The molecule has 0 aromatic heterocycles. The summed E-state index contributed by atoms with van der Waals surface area (Å²) in [4.78, 5) is 20.1. The van der Waals surface area contributed by atoms with Crippen LogP contribution in [0, 0.1) is 0 Å². The minimum atomic E-state index is -1.41. The van der Waals surface area contributed by atoms with Gasteiger partial charge in [-0.2, -0.15) is 0 Å². The van der Waals surface area contributed by atoms with Crippen molar-refractivity contribution in [1.29, 1.82) is 0 Å². The highest BCUT2D eigenvalue weighted by Gasteiger charge is 2.11. The summed E-state index contributed by atoms with van der Waals surface area (Å²) >= 11 is 0. The lowest BCUT2D eigenvalue weighted by Crippen LogP contribution is -2.08. The van der Waals surface area contributed by atoms with Gasteiger partial charge in [-0.3, -0.25) is 4.79 Å². The predicted molar refractivity (Wildman–Crippen MR) is 29.0 cm³/mol. The van der Waals surface area contributed by atoms with Gasteiger partial charge in [0.1, 0.15) is 5.57 Å². The minimum Gasteiger partial charge on any atom is -0.515 e. The van der Waals surface area contributed by atoms with Crippen LogP contribution in [0.2, 0.25) is 0 Å². The molecule has 0 atom stereocenters. The van der Waals surface area contributed by atoms with E-state index < -0.39 is 17.3 Å². The van der Waals surface area contributed by atoms with Crippen molar-refractivity contribution in [2.75, 3.05) is 0 Å². The van der Waals surface area contributed by atoms with Crippen molar-refractivity contribution < 1.29 is 19.8 Å². The van der Waals surface area contributed by atoms with Gasteiger partial charge in [0.15, 0.2) is 5.78 Å². The molecule has 0 radical (unpaired) electrons. The summed E-state index contributed by atoms with van der Waals surface area (Å²) in [6, 6.07) is 0. The molecule has 0 aliphatic carbocycles. The Labute approximate surface area is 51.4 Å².